The number of halogens is 1. The summed E-state index contributed by atoms with van der Waals surface area (Å²) in [6, 6.07) is 6.81. The fourth-order valence-corrected chi connectivity index (χ4v) is 2.01. The Kier molecular flexibility index (Phi) is 3.59. The zero-order valence-corrected chi connectivity index (χ0v) is 10.7. The number of alkyl halides is 1. The van der Waals surface area contributed by atoms with Gasteiger partial charge in [0.25, 0.3) is 11.8 Å². The van der Waals surface area contributed by atoms with Gasteiger partial charge < -0.3 is 5.11 Å². The first-order chi connectivity index (χ1) is 8.15. The van der Waals surface area contributed by atoms with Gasteiger partial charge in [-0.15, -0.1) is 0 Å². The van der Waals surface area contributed by atoms with E-state index in [0.717, 1.165) is 0 Å². The van der Waals surface area contributed by atoms with Gasteiger partial charge in [-0.2, -0.15) is 0 Å². The first-order valence-corrected chi connectivity index (χ1v) is 6.27. The minimum Gasteiger partial charge on any atom is -0.395 e. The van der Waals surface area contributed by atoms with Crippen LogP contribution >= 0.6 is 15.9 Å². The maximum absolute atomic E-state index is 11.9. The maximum atomic E-state index is 11.9. The minimum absolute atomic E-state index is 0.0107. The van der Waals surface area contributed by atoms with Crippen molar-refractivity contribution in [3.63, 3.8) is 0 Å². The van der Waals surface area contributed by atoms with E-state index in [1.807, 2.05) is 0 Å². The topological polar surface area (TPSA) is 57.6 Å². The molecule has 2 amide bonds. The van der Waals surface area contributed by atoms with Crippen LogP contribution in [0.5, 0.6) is 0 Å². The van der Waals surface area contributed by atoms with Crippen molar-refractivity contribution >= 4 is 27.7 Å². The second-order valence-electron chi connectivity index (χ2n) is 3.88. The lowest BCUT2D eigenvalue weighted by atomic mass is 10.1. The Hall–Kier alpha value is -1.20. The first kappa shape index (κ1) is 12.3. The monoisotopic (exact) mass is 297 g/mol. The SMILES string of the molecule is O=C1c2ccccc2C(=O)N1CCC(Br)CO. The number of fused-ring (bicyclic) bond motifs is 1. The number of aliphatic hydroxyl groups is 1. The van der Waals surface area contributed by atoms with E-state index in [4.69, 9.17) is 5.11 Å². The molecule has 1 aromatic carbocycles. The van der Waals surface area contributed by atoms with Crippen LogP contribution < -0.4 is 0 Å². The van der Waals surface area contributed by atoms with Crippen molar-refractivity contribution in [2.24, 2.45) is 0 Å². The Bertz CT molecular complexity index is 426. The smallest absolute Gasteiger partial charge is 0.261 e. The number of rotatable bonds is 4. The van der Waals surface area contributed by atoms with Crippen LogP contribution in [0.25, 0.3) is 0 Å². The van der Waals surface area contributed by atoms with Gasteiger partial charge >= 0.3 is 0 Å². The molecule has 0 aromatic heterocycles. The molecule has 1 aliphatic heterocycles. The molecule has 0 radical (unpaired) electrons. The molecular weight excluding hydrogens is 286 g/mol. The molecule has 1 aliphatic rings. The molecule has 0 saturated heterocycles. The standard InChI is InChI=1S/C12H12BrNO3/c13-8(7-15)5-6-14-11(16)9-3-1-2-4-10(9)12(14)17/h1-4,8,15H,5-7H2. The largest absolute Gasteiger partial charge is 0.395 e. The molecule has 1 aromatic rings. The van der Waals surface area contributed by atoms with Gasteiger partial charge in [-0.25, -0.2) is 0 Å². The summed E-state index contributed by atoms with van der Waals surface area (Å²) in [5, 5.41) is 8.88. The van der Waals surface area contributed by atoms with Gasteiger partial charge in [0.2, 0.25) is 0 Å². The Morgan fingerprint density at radius 3 is 2.18 bits per heavy atom. The van der Waals surface area contributed by atoms with Crippen molar-refractivity contribution in [2.75, 3.05) is 13.2 Å². The molecule has 0 aliphatic carbocycles. The Balaban J connectivity index is 2.13. The Morgan fingerprint density at radius 2 is 1.71 bits per heavy atom. The summed E-state index contributed by atoms with van der Waals surface area (Å²) >= 11 is 3.26. The summed E-state index contributed by atoms with van der Waals surface area (Å²) in [4.78, 5) is 25.0. The van der Waals surface area contributed by atoms with Crippen LogP contribution in [0.15, 0.2) is 24.3 Å². The van der Waals surface area contributed by atoms with Crippen molar-refractivity contribution in [3.8, 4) is 0 Å². The fourth-order valence-electron chi connectivity index (χ4n) is 1.80. The third-order valence-electron chi connectivity index (χ3n) is 2.74. The van der Waals surface area contributed by atoms with Crippen molar-refractivity contribution in [2.45, 2.75) is 11.2 Å². The number of amides is 2. The summed E-state index contributed by atoms with van der Waals surface area (Å²) < 4.78 is 0. The summed E-state index contributed by atoms with van der Waals surface area (Å²) in [5.41, 5.74) is 0.931. The average molecular weight is 298 g/mol. The van der Waals surface area contributed by atoms with Crippen LogP contribution in [-0.2, 0) is 0 Å². The van der Waals surface area contributed by atoms with Crippen molar-refractivity contribution in [1.29, 1.82) is 0 Å². The van der Waals surface area contributed by atoms with Gasteiger partial charge in [-0.1, -0.05) is 28.1 Å². The van der Waals surface area contributed by atoms with E-state index in [0.29, 0.717) is 24.1 Å². The van der Waals surface area contributed by atoms with E-state index in [1.54, 1.807) is 24.3 Å². The molecule has 1 unspecified atom stereocenters. The highest BCUT2D eigenvalue weighted by molar-refractivity contribution is 9.09. The van der Waals surface area contributed by atoms with Gasteiger partial charge in [-0.3, -0.25) is 14.5 Å². The Labute approximate surface area is 107 Å². The predicted molar refractivity (Wildman–Crippen MR) is 66.2 cm³/mol. The van der Waals surface area contributed by atoms with E-state index >= 15 is 0 Å². The predicted octanol–water partition coefficient (Wildman–Crippen LogP) is 1.43. The number of imide groups is 1. The average Bonchev–Trinajstić information content (AvgIpc) is 2.60. The van der Waals surface area contributed by atoms with E-state index in [9.17, 15) is 9.59 Å². The summed E-state index contributed by atoms with van der Waals surface area (Å²) in [5.74, 6) is -0.494. The van der Waals surface area contributed by atoms with Crippen LogP contribution in [0.1, 0.15) is 27.1 Å². The van der Waals surface area contributed by atoms with Crippen LogP contribution in [0.3, 0.4) is 0 Å². The second-order valence-corrected chi connectivity index (χ2v) is 5.17. The lowest BCUT2D eigenvalue weighted by Gasteiger charge is -2.15. The van der Waals surface area contributed by atoms with Crippen LogP contribution in [0, 0.1) is 0 Å². The van der Waals surface area contributed by atoms with Gasteiger partial charge in [0.1, 0.15) is 0 Å². The highest BCUT2D eigenvalue weighted by Crippen LogP contribution is 2.23. The molecule has 0 fully saturated rings. The quantitative estimate of drug-likeness (QED) is 0.676. The summed E-state index contributed by atoms with van der Waals surface area (Å²) in [6.07, 6.45) is 0.544. The highest BCUT2D eigenvalue weighted by atomic mass is 79.9. The van der Waals surface area contributed by atoms with Gasteiger partial charge in [-0.05, 0) is 18.6 Å². The molecule has 4 nitrogen and oxygen atoms in total. The molecule has 0 bridgehead atoms. The minimum atomic E-state index is -0.247. The lowest BCUT2D eigenvalue weighted by molar-refractivity contribution is 0.0650. The zero-order chi connectivity index (χ0) is 12.4. The maximum Gasteiger partial charge on any atom is 0.261 e. The molecule has 1 N–H and O–H groups in total. The van der Waals surface area contributed by atoms with Crippen molar-refractivity contribution in [1.82, 2.24) is 4.90 Å². The van der Waals surface area contributed by atoms with Gasteiger partial charge in [0.15, 0.2) is 0 Å². The fraction of sp³-hybridized carbons (Fsp3) is 0.333. The highest BCUT2D eigenvalue weighted by Gasteiger charge is 2.34. The molecule has 0 saturated carbocycles. The van der Waals surface area contributed by atoms with Gasteiger partial charge in [0, 0.05) is 11.4 Å². The number of carbonyl (C=O) groups excluding carboxylic acids is 2. The van der Waals surface area contributed by atoms with Crippen molar-refractivity contribution in [3.05, 3.63) is 35.4 Å². The number of hydrogen-bond donors (Lipinski definition) is 1. The number of hydrogen-bond acceptors (Lipinski definition) is 3. The molecule has 17 heavy (non-hydrogen) atoms. The number of aliphatic hydroxyl groups excluding tert-OH is 1. The molecule has 1 heterocycles. The molecule has 2 rings (SSSR count). The molecule has 90 valence electrons. The Morgan fingerprint density at radius 1 is 1.18 bits per heavy atom. The number of carbonyl (C=O) groups is 2. The van der Waals surface area contributed by atoms with E-state index in [1.165, 1.54) is 4.90 Å². The molecule has 1 atom stereocenters. The number of benzene rings is 1. The number of nitrogens with zero attached hydrogens (tertiary/aromatic N) is 1. The van der Waals surface area contributed by atoms with E-state index < -0.39 is 0 Å². The zero-order valence-electron chi connectivity index (χ0n) is 9.10. The van der Waals surface area contributed by atoms with Gasteiger partial charge in [0.05, 0.1) is 17.7 Å². The molecule has 0 spiro atoms. The lowest BCUT2D eigenvalue weighted by Crippen LogP contribution is -2.32. The normalized spacial score (nSPS) is 16.2. The third kappa shape index (κ3) is 2.25. The van der Waals surface area contributed by atoms with E-state index in [2.05, 4.69) is 15.9 Å². The summed E-state index contributed by atoms with van der Waals surface area (Å²) in [7, 11) is 0. The van der Waals surface area contributed by atoms with Crippen LogP contribution in [0.2, 0.25) is 0 Å². The van der Waals surface area contributed by atoms with Crippen molar-refractivity contribution < 1.29 is 14.7 Å². The third-order valence-corrected chi connectivity index (χ3v) is 3.49. The van der Waals surface area contributed by atoms with Crippen LogP contribution in [0.4, 0.5) is 0 Å². The molecule has 5 heteroatoms. The second kappa shape index (κ2) is 4.98. The van der Waals surface area contributed by atoms with E-state index in [-0.39, 0.29) is 23.2 Å². The first-order valence-electron chi connectivity index (χ1n) is 5.35. The summed E-state index contributed by atoms with van der Waals surface area (Å²) in [6.45, 7) is 0.312. The van der Waals surface area contributed by atoms with Crippen LogP contribution in [-0.4, -0.2) is 39.8 Å². The molecular formula is C12H12BrNO3.